The molecule has 1 rings (SSSR count). The number of methoxy groups -OCH3 is 1. The number of nitrogens with one attached hydrogen (secondary N) is 1. The Labute approximate surface area is 118 Å². The van der Waals surface area contributed by atoms with Gasteiger partial charge in [0, 0.05) is 5.69 Å². The molecule has 0 aliphatic carbocycles. The summed E-state index contributed by atoms with van der Waals surface area (Å²) in [6, 6.07) is 6.18. The van der Waals surface area contributed by atoms with E-state index in [4.69, 9.17) is 10.5 Å². The molecular weight excluding hydrogens is 260 g/mol. The number of amides is 1. The first-order valence-electron chi connectivity index (χ1n) is 6.43. The molecule has 20 heavy (non-hydrogen) atoms. The van der Waals surface area contributed by atoms with Crippen molar-refractivity contribution in [1.29, 1.82) is 0 Å². The molecule has 1 aromatic rings. The third-order valence-corrected chi connectivity index (χ3v) is 2.64. The highest BCUT2D eigenvalue weighted by Gasteiger charge is 2.12. The molecule has 0 bridgehead atoms. The van der Waals surface area contributed by atoms with E-state index in [1.54, 1.807) is 24.3 Å². The number of nitrogens with two attached hydrogens (primary N) is 1. The molecule has 0 saturated heterocycles. The molecule has 0 spiro atoms. The highest BCUT2D eigenvalue weighted by Crippen LogP contribution is 2.16. The molecule has 110 valence electrons. The van der Waals surface area contributed by atoms with Crippen molar-refractivity contribution in [3.63, 3.8) is 0 Å². The van der Waals surface area contributed by atoms with Gasteiger partial charge >= 0.3 is 5.97 Å². The van der Waals surface area contributed by atoms with Crippen molar-refractivity contribution in [3.8, 4) is 5.75 Å². The van der Waals surface area contributed by atoms with Gasteiger partial charge in [0.05, 0.1) is 13.2 Å². The number of esters is 1. The Kier molecular flexibility index (Phi) is 6.52. The van der Waals surface area contributed by atoms with Crippen molar-refractivity contribution in [2.75, 3.05) is 19.0 Å². The first-order chi connectivity index (χ1) is 9.56. The van der Waals surface area contributed by atoms with Crippen molar-refractivity contribution >= 4 is 17.6 Å². The minimum absolute atomic E-state index is 0.149. The van der Waals surface area contributed by atoms with Crippen LogP contribution in [0.15, 0.2) is 24.3 Å². The average molecular weight is 280 g/mol. The summed E-state index contributed by atoms with van der Waals surface area (Å²) >= 11 is 0. The van der Waals surface area contributed by atoms with Crippen molar-refractivity contribution in [1.82, 2.24) is 0 Å². The normalized spacial score (nSPS) is 11.6. The van der Waals surface area contributed by atoms with Crippen LogP contribution in [0.3, 0.4) is 0 Å². The number of anilines is 1. The largest absolute Gasteiger partial charge is 0.482 e. The fraction of sp³-hybridized carbons (Fsp3) is 0.429. The number of rotatable bonds is 7. The molecule has 0 unspecified atom stereocenters. The molecular formula is C14H20N2O4. The van der Waals surface area contributed by atoms with Crippen molar-refractivity contribution in [3.05, 3.63) is 24.3 Å². The SMILES string of the molecule is CCC[C@H](N)C(=O)Nc1ccc(OCC(=O)OC)cc1. The van der Waals surface area contributed by atoms with E-state index in [1.807, 2.05) is 6.92 Å². The van der Waals surface area contributed by atoms with Crippen LogP contribution >= 0.6 is 0 Å². The van der Waals surface area contributed by atoms with E-state index in [2.05, 4.69) is 10.1 Å². The third kappa shape index (κ3) is 5.27. The quantitative estimate of drug-likeness (QED) is 0.735. The van der Waals surface area contributed by atoms with Crippen molar-refractivity contribution in [2.24, 2.45) is 5.73 Å². The van der Waals surface area contributed by atoms with Crippen LogP contribution in [-0.2, 0) is 14.3 Å². The first kappa shape index (κ1) is 16.0. The molecule has 3 N–H and O–H groups in total. The van der Waals surface area contributed by atoms with Gasteiger partial charge < -0.3 is 20.5 Å². The molecule has 1 amide bonds. The Bertz CT molecular complexity index is 445. The van der Waals surface area contributed by atoms with Crippen molar-refractivity contribution in [2.45, 2.75) is 25.8 Å². The number of benzene rings is 1. The maximum Gasteiger partial charge on any atom is 0.343 e. The zero-order chi connectivity index (χ0) is 15.0. The van der Waals surface area contributed by atoms with Gasteiger partial charge in [-0.1, -0.05) is 13.3 Å². The second-order valence-corrected chi connectivity index (χ2v) is 4.27. The van der Waals surface area contributed by atoms with Crippen LogP contribution in [-0.4, -0.2) is 31.6 Å². The number of hydrogen-bond acceptors (Lipinski definition) is 5. The van der Waals surface area contributed by atoms with Crippen LogP contribution in [0.5, 0.6) is 5.75 Å². The topological polar surface area (TPSA) is 90.7 Å². The molecule has 0 saturated carbocycles. The molecule has 0 radical (unpaired) electrons. The predicted molar refractivity (Wildman–Crippen MR) is 75.5 cm³/mol. The minimum Gasteiger partial charge on any atom is -0.482 e. The number of carbonyl (C=O) groups excluding carboxylic acids is 2. The monoisotopic (exact) mass is 280 g/mol. The summed E-state index contributed by atoms with van der Waals surface area (Å²) in [5.41, 5.74) is 6.35. The molecule has 1 aromatic carbocycles. The summed E-state index contributed by atoms with van der Waals surface area (Å²) in [5.74, 6) is -0.144. The summed E-state index contributed by atoms with van der Waals surface area (Å²) in [6.07, 6.45) is 1.50. The van der Waals surface area contributed by atoms with Gasteiger partial charge in [0.25, 0.3) is 0 Å². The molecule has 6 heteroatoms. The van der Waals surface area contributed by atoms with Gasteiger partial charge in [-0.3, -0.25) is 4.79 Å². The summed E-state index contributed by atoms with van der Waals surface area (Å²) in [7, 11) is 1.30. The van der Waals surface area contributed by atoms with E-state index in [-0.39, 0.29) is 12.5 Å². The number of ether oxygens (including phenoxy) is 2. The number of carbonyl (C=O) groups is 2. The summed E-state index contributed by atoms with van der Waals surface area (Å²) in [5, 5.41) is 2.72. The predicted octanol–water partition coefficient (Wildman–Crippen LogP) is 1.30. The van der Waals surface area contributed by atoms with Crippen LogP contribution in [0.25, 0.3) is 0 Å². The van der Waals surface area contributed by atoms with Gasteiger partial charge in [-0.15, -0.1) is 0 Å². The fourth-order valence-corrected chi connectivity index (χ4v) is 1.51. The standard InChI is InChI=1S/C14H20N2O4/c1-3-4-12(15)14(18)16-10-5-7-11(8-6-10)20-9-13(17)19-2/h5-8,12H,3-4,9,15H2,1-2H3,(H,16,18)/t12-/m0/s1. The Morgan fingerprint density at radius 1 is 1.30 bits per heavy atom. The average Bonchev–Trinajstić information content (AvgIpc) is 2.46. The smallest absolute Gasteiger partial charge is 0.343 e. The van der Waals surface area contributed by atoms with E-state index in [1.165, 1.54) is 7.11 Å². The van der Waals surface area contributed by atoms with Crippen LogP contribution in [0.1, 0.15) is 19.8 Å². The first-order valence-corrected chi connectivity index (χ1v) is 6.43. The van der Waals surface area contributed by atoms with Crippen molar-refractivity contribution < 1.29 is 19.1 Å². The molecule has 0 fully saturated rings. The molecule has 0 aliphatic heterocycles. The van der Waals surface area contributed by atoms with Gasteiger partial charge in [0.15, 0.2) is 6.61 Å². The van der Waals surface area contributed by atoms with Gasteiger partial charge in [-0.25, -0.2) is 4.79 Å². The second-order valence-electron chi connectivity index (χ2n) is 4.27. The molecule has 6 nitrogen and oxygen atoms in total. The molecule has 0 heterocycles. The molecule has 0 aliphatic rings. The lowest BCUT2D eigenvalue weighted by molar-refractivity contribution is -0.142. The Morgan fingerprint density at radius 2 is 1.95 bits per heavy atom. The molecule has 0 aromatic heterocycles. The van der Waals surface area contributed by atoms with E-state index >= 15 is 0 Å². The Morgan fingerprint density at radius 3 is 2.50 bits per heavy atom. The van der Waals surface area contributed by atoms with Crippen LogP contribution in [0.4, 0.5) is 5.69 Å². The second kappa shape index (κ2) is 8.16. The zero-order valence-electron chi connectivity index (χ0n) is 11.7. The Hall–Kier alpha value is -2.08. The van der Waals surface area contributed by atoms with Gasteiger partial charge in [0.1, 0.15) is 5.75 Å². The maximum atomic E-state index is 11.7. The van der Waals surface area contributed by atoms with Crippen LogP contribution < -0.4 is 15.8 Å². The van der Waals surface area contributed by atoms with Gasteiger partial charge in [-0.2, -0.15) is 0 Å². The zero-order valence-corrected chi connectivity index (χ0v) is 11.7. The van der Waals surface area contributed by atoms with Gasteiger partial charge in [-0.05, 0) is 30.7 Å². The third-order valence-electron chi connectivity index (χ3n) is 2.64. The lowest BCUT2D eigenvalue weighted by atomic mass is 10.1. The van der Waals surface area contributed by atoms with E-state index in [0.717, 1.165) is 6.42 Å². The summed E-state index contributed by atoms with van der Waals surface area (Å²) in [6.45, 7) is 1.82. The lowest BCUT2D eigenvalue weighted by Crippen LogP contribution is -2.35. The van der Waals surface area contributed by atoms with E-state index < -0.39 is 12.0 Å². The maximum absolute atomic E-state index is 11.7. The van der Waals surface area contributed by atoms with Crippen LogP contribution in [0.2, 0.25) is 0 Å². The molecule has 1 atom stereocenters. The van der Waals surface area contributed by atoms with E-state index in [9.17, 15) is 9.59 Å². The minimum atomic E-state index is -0.504. The highest BCUT2D eigenvalue weighted by molar-refractivity contribution is 5.94. The highest BCUT2D eigenvalue weighted by atomic mass is 16.6. The summed E-state index contributed by atoms with van der Waals surface area (Å²) in [4.78, 5) is 22.6. The van der Waals surface area contributed by atoms with E-state index in [0.29, 0.717) is 17.9 Å². The van der Waals surface area contributed by atoms with Crippen LogP contribution in [0, 0.1) is 0 Å². The Balaban J connectivity index is 2.50. The summed E-state index contributed by atoms with van der Waals surface area (Å²) < 4.78 is 9.66. The fourth-order valence-electron chi connectivity index (χ4n) is 1.51. The number of hydrogen-bond donors (Lipinski definition) is 2. The lowest BCUT2D eigenvalue weighted by Gasteiger charge is -2.11. The van der Waals surface area contributed by atoms with Gasteiger partial charge in [0.2, 0.25) is 5.91 Å².